The SMILES string of the molecule is O=c1cc(C[NH2+]C[C@@H]2CCCO2)c2c(ccc3ccccc32)o1. The van der Waals surface area contributed by atoms with Gasteiger partial charge >= 0.3 is 5.63 Å². The van der Waals surface area contributed by atoms with Crippen molar-refractivity contribution in [3.05, 3.63) is 58.4 Å². The van der Waals surface area contributed by atoms with Crippen LogP contribution in [0.1, 0.15) is 18.4 Å². The fourth-order valence-electron chi connectivity index (χ4n) is 3.44. The smallest absolute Gasteiger partial charge is 0.336 e. The maximum Gasteiger partial charge on any atom is 0.336 e. The van der Waals surface area contributed by atoms with Crippen molar-refractivity contribution in [3.63, 3.8) is 0 Å². The van der Waals surface area contributed by atoms with Crippen molar-refractivity contribution in [2.45, 2.75) is 25.5 Å². The van der Waals surface area contributed by atoms with E-state index >= 15 is 0 Å². The lowest BCUT2D eigenvalue weighted by Crippen LogP contribution is -2.84. The number of hydrogen-bond acceptors (Lipinski definition) is 3. The van der Waals surface area contributed by atoms with E-state index in [0.29, 0.717) is 11.7 Å². The van der Waals surface area contributed by atoms with E-state index in [9.17, 15) is 4.79 Å². The molecule has 0 spiro atoms. The molecule has 1 fully saturated rings. The molecule has 2 aromatic carbocycles. The van der Waals surface area contributed by atoms with Crippen molar-refractivity contribution in [2.24, 2.45) is 0 Å². The Kier molecular flexibility index (Phi) is 3.85. The number of benzene rings is 2. The van der Waals surface area contributed by atoms with E-state index in [2.05, 4.69) is 17.4 Å². The van der Waals surface area contributed by atoms with Crippen molar-refractivity contribution in [1.82, 2.24) is 0 Å². The fraction of sp³-hybridized carbons (Fsp3) is 0.316. The summed E-state index contributed by atoms with van der Waals surface area (Å²) < 4.78 is 11.1. The number of fused-ring (bicyclic) bond motifs is 3. The molecule has 1 aliphatic heterocycles. The summed E-state index contributed by atoms with van der Waals surface area (Å²) in [7, 11) is 0. The minimum absolute atomic E-state index is 0.284. The fourth-order valence-corrected chi connectivity index (χ4v) is 3.44. The summed E-state index contributed by atoms with van der Waals surface area (Å²) in [5, 5.41) is 5.57. The Balaban J connectivity index is 1.71. The van der Waals surface area contributed by atoms with Crippen LogP contribution in [0.2, 0.25) is 0 Å². The van der Waals surface area contributed by atoms with Crippen LogP contribution in [-0.4, -0.2) is 19.3 Å². The van der Waals surface area contributed by atoms with Crippen molar-refractivity contribution >= 4 is 21.7 Å². The molecule has 4 nitrogen and oxygen atoms in total. The largest absolute Gasteiger partial charge is 0.423 e. The topological polar surface area (TPSA) is 56.0 Å². The van der Waals surface area contributed by atoms with Crippen LogP contribution in [0, 0.1) is 0 Å². The molecule has 118 valence electrons. The molecule has 23 heavy (non-hydrogen) atoms. The predicted octanol–water partition coefficient (Wildman–Crippen LogP) is 2.19. The van der Waals surface area contributed by atoms with Crippen molar-refractivity contribution in [2.75, 3.05) is 13.2 Å². The minimum atomic E-state index is -0.284. The molecule has 1 aromatic heterocycles. The van der Waals surface area contributed by atoms with Gasteiger partial charge in [-0.05, 0) is 29.7 Å². The highest BCUT2D eigenvalue weighted by Gasteiger charge is 2.17. The van der Waals surface area contributed by atoms with Crippen LogP contribution in [0.25, 0.3) is 21.7 Å². The average Bonchev–Trinajstić information content (AvgIpc) is 3.07. The van der Waals surface area contributed by atoms with Gasteiger partial charge in [0, 0.05) is 23.6 Å². The van der Waals surface area contributed by atoms with Crippen LogP contribution in [0.4, 0.5) is 0 Å². The van der Waals surface area contributed by atoms with Gasteiger partial charge in [0.1, 0.15) is 24.8 Å². The maximum atomic E-state index is 11.9. The molecule has 0 bridgehead atoms. The van der Waals surface area contributed by atoms with Gasteiger partial charge < -0.3 is 14.5 Å². The van der Waals surface area contributed by atoms with Crippen LogP contribution in [0.15, 0.2) is 51.7 Å². The first-order valence-electron chi connectivity index (χ1n) is 8.19. The standard InChI is InChI=1S/C19H19NO3/c21-18-10-14(11-20-12-15-5-3-9-22-15)19-16-6-2-1-4-13(16)7-8-17(19)23-18/h1-2,4,6-8,10,15,20H,3,5,9,11-12H2/p+1/t15-/m0/s1. The van der Waals surface area contributed by atoms with E-state index in [1.165, 1.54) is 0 Å². The van der Waals surface area contributed by atoms with Gasteiger partial charge in [0.25, 0.3) is 0 Å². The highest BCUT2D eigenvalue weighted by Crippen LogP contribution is 2.26. The quantitative estimate of drug-likeness (QED) is 0.593. The second-order valence-corrected chi connectivity index (χ2v) is 6.11. The van der Waals surface area contributed by atoms with E-state index in [1.54, 1.807) is 6.07 Å². The van der Waals surface area contributed by atoms with E-state index in [1.807, 2.05) is 24.3 Å². The summed E-state index contributed by atoms with van der Waals surface area (Å²) >= 11 is 0. The lowest BCUT2D eigenvalue weighted by Gasteiger charge is -2.10. The summed E-state index contributed by atoms with van der Waals surface area (Å²) in [5.41, 5.74) is 1.41. The van der Waals surface area contributed by atoms with Gasteiger partial charge in [-0.2, -0.15) is 0 Å². The molecule has 0 amide bonds. The average molecular weight is 310 g/mol. The van der Waals surface area contributed by atoms with Gasteiger partial charge in [0.2, 0.25) is 0 Å². The molecular formula is C19H20NO3+. The Morgan fingerprint density at radius 1 is 1.17 bits per heavy atom. The van der Waals surface area contributed by atoms with Crippen LogP contribution >= 0.6 is 0 Å². The van der Waals surface area contributed by atoms with E-state index in [-0.39, 0.29) is 5.63 Å². The molecule has 0 radical (unpaired) electrons. The van der Waals surface area contributed by atoms with E-state index < -0.39 is 0 Å². The molecule has 1 atom stereocenters. The number of rotatable bonds is 4. The van der Waals surface area contributed by atoms with Gasteiger partial charge in [-0.3, -0.25) is 0 Å². The molecule has 3 aromatic rings. The monoisotopic (exact) mass is 310 g/mol. The van der Waals surface area contributed by atoms with E-state index in [4.69, 9.17) is 9.15 Å². The van der Waals surface area contributed by atoms with Gasteiger partial charge in [0.05, 0.1) is 0 Å². The normalized spacial score (nSPS) is 18.0. The Labute approximate surface area is 134 Å². The molecule has 4 rings (SSSR count). The summed E-state index contributed by atoms with van der Waals surface area (Å²) in [5.74, 6) is 0. The van der Waals surface area contributed by atoms with Crippen molar-refractivity contribution in [3.8, 4) is 0 Å². The minimum Gasteiger partial charge on any atom is -0.423 e. The van der Waals surface area contributed by atoms with Crippen molar-refractivity contribution in [1.29, 1.82) is 0 Å². The molecule has 0 aliphatic carbocycles. The van der Waals surface area contributed by atoms with Gasteiger partial charge in [0.15, 0.2) is 0 Å². The van der Waals surface area contributed by atoms with Crippen molar-refractivity contribution < 1.29 is 14.5 Å². The highest BCUT2D eigenvalue weighted by molar-refractivity contribution is 6.06. The molecule has 0 unspecified atom stereocenters. The molecule has 1 aliphatic rings. The van der Waals surface area contributed by atoms with Crippen LogP contribution in [0.5, 0.6) is 0 Å². The third kappa shape index (κ3) is 2.87. The first-order valence-corrected chi connectivity index (χ1v) is 8.19. The molecule has 4 heteroatoms. The maximum absolute atomic E-state index is 11.9. The zero-order valence-electron chi connectivity index (χ0n) is 13.0. The van der Waals surface area contributed by atoms with Gasteiger partial charge in [-0.15, -0.1) is 0 Å². The Morgan fingerprint density at radius 3 is 2.96 bits per heavy atom. The summed E-state index contributed by atoms with van der Waals surface area (Å²) in [6.07, 6.45) is 2.64. The van der Waals surface area contributed by atoms with Gasteiger partial charge in [-0.1, -0.05) is 30.3 Å². The summed E-state index contributed by atoms with van der Waals surface area (Å²) in [6, 6.07) is 13.7. The Morgan fingerprint density at radius 2 is 2.09 bits per heavy atom. The molecule has 2 N–H and O–H groups in total. The second-order valence-electron chi connectivity index (χ2n) is 6.11. The third-order valence-corrected chi connectivity index (χ3v) is 4.53. The predicted molar refractivity (Wildman–Crippen MR) is 89.5 cm³/mol. The van der Waals surface area contributed by atoms with Gasteiger partial charge in [-0.25, -0.2) is 4.79 Å². The highest BCUT2D eigenvalue weighted by atomic mass is 16.5. The number of quaternary nitrogens is 1. The Bertz CT molecular complexity index is 894. The first kappa shape index (κ1) is 14.4. The summed E-state index contributed by atoms with van der Waals surface area (Å²) in [4.78, 5) is 11.9. The van der Waals surface area contributed by atoms with E-state index in [0.717, 1.165) is 54.3 Å². The zero-order chi connectivity index (χ0) is 15.6. The lowest BCUT2D eigenvalue weighted by atomic mass is 10.0. The zero-order valence-corrected chi connectivity index (χ0v) is 13.0. The molecular weight excluding hydrogens is 290 g/mol. The lowest BCUT2D eigenvalue weighted by molar-refractivity contribution is -0.676. The Hall–Kier alpha value is -2.17. The van der Waals surface area contributed by atoms with Crippen LogP contribution in [-0.2, 0) is 11.3 Å². The molecule has 2 heterocycles. The number of hydrogen-bond donors (Lipinski definition) is 1. The van der Waals surface area contributed by atoms with Crippen LogP contribution in [0.3, 0.4) is 0 Å². The molecule has 1 saturated heterocycles. The first-order chi connectivity index (χ1) is 11.3. The summed E-state index contributed by atoms with van der Waals surface area (Å²) in [6.45, 7) is 2.57. The van der Waals surface area contributed by atoms with Crippen LogP contribution < -0.4 is 10.9 Å². The second kappa shape index (κ2) is 6.14. The third-order valence-electron chi connectivity index (χ3n) is 4.53. The molecule has 0 saturated carbocycles. The number of ether oxygens (including phenoxy) is 1. The number of nitrogens with two attached hydrogens (primary N) is 1.